The molecular weight excluding hydrogens is 452 g/mol. The van der Waals surface area contributed by atoms with Crippen LogP contribution in [0.3, 0.4) is 0 Å². The zero-order valence-electron chi connectivity index (χ0n) is 21.0. The van der Waals surface area contributed by atoms with Crippen molar-refractivity contribution >= 4 is 27.4 Å². The molecule has 2 aromatic carbocycles. The maximum Gasteiger partial charge on any atom is 0.337 e. The lowest BCUT2D eigenvalue weighted by molar-refractivity contribution is -0.160. The van der Waals surface area contributed by atoms with Crippen molar-refractivity contribution in [1.29, 1.82) is 0 Å². The summed E-state index contributed by atoms with van der Waals surface area (Å²) in [6, 6.07) is 8.23. The van der Waals surface area contributed by atoms with Gasteiger partial charge in [-0.15, -0.1) is 0 Å². The summed E-state index contributed by atoms with van der Waals surface area (Å²) in [5, 5.41) is 10.3. The monoisotopic (exact) mass is 486 g/mol. The van der Waals surface area contributed by atoms with E-state index in [2.05, 4.69) is 11.8 Å². The summed E-state index contributed by atoms with van der Waals surface area (Å²) in [6.45, 7) is 12.4. The molecule has 0 saturated carbocycles. The number of aliphatic carboxylic acids is 1. The van der Waals surface area contributed by atoms with E-state index in [1.54, 1.807) is 0 Å². The van der Waals surface area contributed by atoms with E-state index in [-0.39, 0.29) is 6.04 Å². The van der Waals surface area contributed by atoms with Gasteiger partial charge in [0.15, 0.2) is 6.10 Å². The number of nitrogens with zero attached hydrogens (tertiary/aromatic N) is 2. The van der Waals surface area contributed by atoms with Gasteiger partial charge in [-0.3, -0.25) is 4.31 Å². The first-order valence-electron chi connectivity index (χ1n) is 11.6. The quantitative estimate of drug-likeness (QED) is 0.672. The number of benzene rings is 2. The second-order valence-electron chi connectivity index (χ2n) is 10.5. The molecule has 0 bridgehead atoms. The lowest BCUT2D eigenvalue weighted by atomic mass is 9.84. The minimum absolute atomic E-state index is 0.182. The Kier molecular flexibility index (Phi) is 5.97. The third-order valence-corrected chi connectivity index (χ3v) is 7.82. The molecule has 2 aliphatic heterocycles. The highest BCUT2D eigenvalue weighted by molar-refractivity contribution is 7.92. The minimum Gasteiger partial charge on any atom is -0.479 e. The van der Waals surface area contributed by atoms with Crippen LogP contribution >= 0.6 is 0 Å². The zero-order chi connectivity index (χ0) is 25.2. The number of carbonyl (C=O) groups is 1. The van der Waals surface area contributed by atoms with Crippen molar-refractivity contribution in [2.75, 3.05) is 28.6 Å². The van der Waals surface area contributed by atoms with E-state index >= 15 is 0 Å². The molecule has 0 aliphatic carbocycles. The average Bonchev–Trinajstić information content (AvgIpc) is 3.05. The van der Waals surface area contributed by atoms with Crippen LogP contribution in [0.4, 0.5) is 11.4 Å². The molecule has 0 radical (unpaired) electrons. The average molecular weight is 487 g/mol. The zero-order valence-corrected chi connectivity index (χ0v) is 21.8. The predicted octanol–water partition coefficient (Wildman–Crippen LogP) is 4.44. The molecule has 34 heavy (non-hydrogen) atoms. The van der Waals surface area contributed by atoms with Crippen molar-refractivity contribution in [3.63, 3.8) is 0 Å². The molecular formula is C26H34N2O5S. The third-order valence-electron chi connectivity index (χ3n) is 6.65. The Morgan fingerprint density at radius 1 is 1.12 bits per heavy atom. The maximum atomic E-state index is 12.8. The minimum atomic E-state index is -3.55. The van der Waals surface area contributed by atoms with Crippen molar-refractivity contribution < 1.29 is 23.1 Å². The molecule has 184 valence electrons. The van der Waals surface area contributed by atoms with Gasteiger partial charge >= 0.3 is 5.97 Å². The van der Waals surface area contributed by atoms with Crippen LogP contribution in [0.15, 0.2) is 24.3 Å². The fourth-order valence-corrected chi connectivity index (χ4v) is 6.26. The van der Waals surface area contributed by atoms with Crippen LogP contribution < -0.4 is 9.21 Å². The molecule has 2 aliphatic rings. The van der Waals surface area contributed by atoms with Gasteiger partial charge in [0, 0.05) is 18.2 Å². The number of aryl methyl sites for hydroxylation is 1. The summed E-state index contributed by atoms with van der Waals surface area (Å²) in [6.07, 6.45) is 0.671. The van der Waals surface area contributed by atoms with Gasteiger partial charge in [0.25, 0.3) is 0 Å². The highest BCUT2D eigenvalue weighted by Gasteiger charge is 2.43. The summed E-state index contributed by atoms with van der Waals surface area (Å²) in [7, 11) is -3.55. The van der Waals surface area contributed by atoms with E-state index in [1.165, 1.54) is 10.6 Å². The Balaban J connectivity index is 2.14. The largest absolute Gasteiger partial charge is 0.479 e. The smallest absolute Gasteiger partial charge is 0.337 e. The van der Waals surface area contributed by atoms with E-state index in [1.807, 2.05) is 58.9 Å². The number of sulfonamides is 1. The SMILES string of the molecule is Cc1ccc(-c2c3c4c(c(C)c2[C@H](OC(C)(C)C)C(=O)O)N(S(C)(=O)=O)CCN4C(C)C3)cc1. The van der Waals surface area contributed by atoms with Crippen LogP contribution in [-0.4, -0.2) is 50.5 Å². The molecule has 4 rings (SSSR count). The molecule has 0 saturated heterocycles. The fourth-order valence-electron chi connectivity index (χ4n) is 5.29. The summed E-state index contributed by atoms with van der Waals surface area (Å²) >= 11 is 0. The number of hydrogen-bond donors (Lipinski definition) is 1. The first-order chi connectivity index (χ1) is 15.7. The van der Waals surface area contributed by atoms with Gasteiger partial charge in [0.1, 0.15) is 0 Å². The molecule has 2 aromatic rings. The lowest BCUT2D eigenvalue weighted by Crippen LogP contribution is -2.45. The Labute approximate surface area is 202 Å². The predicted molar refractivity (Wildman–Crippen MR) is 135 cm³/mol. The number of anilines is 2. The molecule has 1 unspecified atom stereocenters. The van der Waals surface area contributed by atoms with Crippen LogP contribution in [0.1, 0.15) is 56.1 Å². The molecule has 7 nitrogen and oxygen atoms in total. The molecule has 0 spiro atoms. The number of ether oxygens (including phenoxy) is 1. The summed E-state index contributed by atoms with van der Waals surface area (Å²) in [4.78, 5) is 14.9. The van der Waals surface area contributed by atoms with Crippen molar-refractivity contribution in [1.82, 2.24) is 0 Å². The summed E-state index contributed by atoms with van der Waals surface area (Å²) in [5.74, 6) is -1.09. The Bertz CT molecular complexity index is 1250. The van der Waals surface area contributed by atoms with E-state index in [4.69, 9.17) is 4.74 Å². The second kappa shape index (κ2) is 8.27. The van der Waals surface area contributed by atoms with Gasteiger partial charge in [0.2, 0.25) is 10.0 Å². The van der Waals surface area contributed by atoms with Crippen LogP contribution in [0.25, 0.3) is 11.1 Å². The van der Waals surface area contributed by atoms with E-state index in [0.717, 1.165) is 27.9 Å². The number of carboxylic acid groups (broad SMARTS) is 1. The van der Waals surface area contributed by atoms with Crippen molar-refractivity contribution in [3.05, 3.63) is 46.5 Å². The molecule has 8 heteroatoms. The van der Waals surface area contributed by atoms with Gasteiger partial charge < -0.3 is 14.7 Å². The van der Waals surface area contributed by atoms with Gasteiger partial charge in [-0.25, -0.2) is 13.2 Å². The van der Waals surface area contributed by atoms with Crippen molar-refractivity contribution in [2.45, 2.75) is 65.7 Å². The molecule has 2 atom stereocenters. The summed E-state index contributed by atoms with van der Waals surface area (Å²) < 4.78 is 33.2. The molecule has 0 amide bonds. The van der Waals surface area contributed by atoms with Crippen LogP contribution in [0, 0.1) is 13.8 Å². The van der Waals surface area contributed by atoms with Crippen LogP contribution in [0.5, 0.6) is 0 Å². The summed E-state index contributed by atoms with van der Waals surface area (Å²) in [5.41, 5.74) is 5.79. The molecule has 0 aromatic heterocycles. The Morgan fingerprint density at radius 2 is 1.74 bits per heavy atom. The van der Waals surface area contributed by atoms with Crippen molar-refractivity contribution in [3.8, 4) is 11.1 Å². The first-order valence-corrected chi connectivity index (χ1v) is 13.5. The highest BCUT2D eigenvalue weighted by Crippen LogP contribution is 2.53. The van der Waals surface area contributed by atoms with Gasteiger partial charge in [0.05, 0.1) is 29.8 Å². The first kappa shape index (κ1) is 24.5. The number of hydrogen-bond acceptors (Lipinski definition) is 5. The van der Waals surface area contributed by atoms with E-state index in [0.29, 0.717) is 36.3 Å². The molecule has 1 N–H and O–H groups in total. The van der Waals surface area contributed by atoms with Gasteiger partial charge in [-0.2, -0.15) is 0 Å². The van der Waals surface area contributed by atoms with Gasteiger partial charge in [-0.05, 0) is 70.2 Å². The van der Waals surface area contributed by atoms with E-state index in [9.17, 15) is 18.3 Å². The maximum absolute atomic E-state index is 12.8. The second-order valence-corrected chi connectivity index (χ2v) is 12.4. The van der Waals surface area contributed by atoms with Crippen molar-refractivity contribution in [2.24, 2.45) is 0 Å². The van der Waals surface area contributed by atoms with Gasteiger partial charge in [-0.1, -0.05) is 29.8 Å². The fraction of sp³-hybridized carbons (Fsp3) is 0.500. The Hall–Kier alpha value is -2.58. The highest BCUT2D eigenvalue weighted by atomic mass is 32.2. The third kappa shape index (κ3) is 4.18. The van der Waals surface area contributed by atoms with Crippen LogP contribution in [-0.2, 0) is 26.0 Å². The normalized spacial score (nSPS) is 18.7. The Morgan fingerprint density at radius 3 is 2.26 bits per heavy atom. The molecule has 2 heterocycles. The number of rotatable bonds is 5. The lowest BCUT2D eigenvalue weighted by Gasteiger charge is -2.40. The van der Waals surface area contributed by atoms with Crippen LogP contribution in [0.2, 0.25) is 0 Å². The van der Waals surface area contributed by atoms with E-state index < -0.39 is 27.7 Å². The number of carboxylic acids is 1. The molecule has 0 fully saturated rings. The standard InChI is InChI=1S/C26H34N2O5S/c1-15-8-10-18(11-9-15)21-19-14-16(2)27-12-13-28(34(7,31)32)22(23(19)27)17(3)20(21)24(25(29)30)33-26(4,5)6/h8-11,16,24H,12-14H2,1-7H3,(H,29,30)/t16?,24-/m0/s1. The topological polar surface area (TPSA) is 87.1 Å².